The molecule has 1 heterocycles. The van der Waals surface area contributed by atoms with E-state index < -0.39 is 0 Å². The van der Waals surface area contributed by atoms with Crippen LogP contribution >= 0.6 is 0 Å². The summed E-state index contributed by atoms with van der Waals surface area (Å²) in [6.45, 7) is 8.04. The van der Waals surface area contributed by atoms with E-state index in [1.165, 1.54) is 0 Å². The van der Waals surface area contributed by atoms with Gasteiger partial charge in [0.05, 0.1) is 0 Å². The molecule has 0 atom stereocenters. The van der Waals surface area contributed by atoms with Crippen molar-refractivity contribution in [1.29, 1.82) is 0 Å². The highest BCUT2D eigenvalue weighted by molar-refractivity contribution is 4.93. The summed E-state index contributed by atoms with van der Waals surface area (Å²) in [5.41, 5.74) is 0.215. The summed E-state index contributed by atoms with van der Waals surface area (Å²) < 4.78 is 1.72. The molecule has 1 rings (SSSR count). The molecule has 0 saturated heterocycles. The molecular formula is C12H20N2O. The first kappa shape index (κ1) is 12.0. The van der Waals surface area contributed by atoms with Crippen molar-refractivity contribution in [3.8, 4) is 0 Å². The van der Waals surface area contributed by atoms with Crippen molar-refractivity contribution in [2.75, 3.05) is 6.54 Å². The summed E-state index contributed by atoms with van der Waals surface area (Å²) in [6, 6.07) is 5.24. The summed E-state index contributed by atoms with van der Waals surface area (Å²) in [5.74, 6) is 0. The maximum absolute atomic E-state index is 11.4. The average molecular weight is 208 g/mol. The van der Waals surface area contributed by atoms with Gasteiger partial charge in [0.15, 0.2) is 0 Å². The molecule has 0 aliphatic carbocycles. The topological polar surface area (TPSA) is 34.0 Å². The Morgan fingerprint density at radius 3 is 2.73 bits per heavy atom. The molecule has 0 aliphatic rings. The molecule has 0 unspecified atom stereocenters. The zero-order valence-electron chi connectivity index (χ0n) is 9.79. The SMILES string of the molecule is CCC(C)(C)NCCn1ccccc1=O. The minimum atomic E-state index is 0.0635. The quantitative estimate of drug-likeness (QED) is 0.798. The minimum absolute atomic E-state index is 0.0635. The highest BCUT2D eigenvalue weighted by atomic mass is 16.1. The zero-order valence-corrected chi connectivity index (χ0v) is 9.79. The predicted octanol–water partition coefficient (Wildman–Crippen LogP) is 1.63. The van der Waals surface area contributed by atoms with Crippen molar-refractivity contribution in [1.82, 2.24) is 9.88 Å². The van der Waals surface area contributed by atoms with Crippen LogP contribution < -0.4 is 10.9 Å². The Morgan fingerprint density at radius 1 is 1.40 bits per heavy atom. The lowest BCUT2D eigenvalue weighted by molar-refractivity contribution is 0.366. The van der Waals surface area contributed by atoms with Crippen LogP contribution in [0.3, 0.4) is 0 Å². The molecule has 3 heteroatoms. The summed E-state index contributed by atoms with van der Waals surface area (Å²) in [5, 5.41) is 3.42. The van der Waals surface area contributed by atoms with Gasteiger partial charge < -0.3 is 9.88 Å². The van der Waals surface area contributed by atoms with Crippen molar-refractivity contribution < 1.29 is 0 Å². The van der Waals surface area contributed by atoms with Crippen LogP contribution in [0.5, 0.6) is 0 Å². The molecule has 1 N–H and O–H groups in total. The summed E-state index contributed by atoms with van der Waals surface area (Å²) in [6.07, 6.45) is 2.90. The van der Waals surface area contributed by atoms with E-state index in [0.29, 0.717) is 0 Å². The highest BCUT2D eigenvalue weighted by Gasteiger charge is 2.12. The van der Waals surface area contributed by atoms with Gasteiger partial charge in [0.25, 0.3) is 5.56 Å². The Morgan fingerprint density at radius 2 is 2.13 bits per heavy atom. The van der Waals surface area contributed by atoms with Gasteiger partial charge in [-0.1, -0.05) is 13.0 Å². The smallest absolute Gasteiger partial charge is 0.250 e. The van der Waals surface area contributed by atoms with Crippen molar-refractivity contribution in [2.45, 2.75) is 39.3 Å². The Kier molecular flexibility index (Phi) is 4.09. The van der Waals surface area contributed by atoms with Gasteiger partial charge in [-0.3, -0.25) is 4.79 Å². The van der Waals surface area contributed by atoms with E-state index in [4.69, 9.17) is 0 Å². The van der Waals surface area contributed by atoms with Crippen LogP contribution in [0.15, 0.2) is 29.2 Å². The van der Waals surface area contributed by atoms with Crippen LogP contribution in [0.4, 0.5) is 0 Å². The summed E-state index contributed by atoms with van der Waals surface area (Å²) >= 11 is 0. The molecule has 0 spiro atoms. The molecule has 84 valence electrons. The number of hydrogen-bond acceptors (Lipinski definition) is 2. The standard InChI is InChI=1S/C12H20N2O/c1-4-12(2,3)13-8-10-14-9-6-5-7-11(14)15/h5-7,9,13H,4,8,10H2,1-3H3. The fourth-order valence-corrected chi connectivity index (χ4v) is 1.29. The first-order valence-corrected chi connectivity index (χ1v) is 5.46. The van der Waals surface area contributed by atoms with E-state index in [-0.39, 0.29) is 11.1 Å². The van der Waals surface area contributed by atoms with Gasteiger partial charge in [0, 0.05) is 30.9 Å². The van der Waals surface area contributed by atoms with Crippen LogP contribution in [0.2, 0.25) is 0 Å². The number of nitrogens with zero attached hydrogens (tertiary/aromatic N) is 1. The fraction of sp³-hybridized carbons (Fsp3) is 0.583. The van der Waals surface area contributed by atoms with E-state index in [2.05, 4.69) is 26.1 Å². The largest absolute Gasteiger partial charge is 0.314 e. The molecule has 1 aromatic heterocycles. The van der Waals surface area contributed by atoms with Gasteiger partial charge >= 0.3 is 0 Å². The van der Waals surface area contributed by atoms with Gasteiger partial charge in [-0.2, -0.15) is 0 Å². The van der Waals surface area contributed by atoms with Crippen LogP contribution in [0.1, 0.15) is 27.2 Å². The second kappa shape index (κ2) is 5.12. The third kappa shape index (κ3) is 3.88. The highest BCUT2D eigenvalue weighted by Crippen LogP contribution is 2.05. The number of aromatic nitrogens is 1. The third-order valence-corrected chi connectivity index (χ3v) is 2.74. The second-order valence-electron chi connectivity index (χ2n) is 4.40. The first-order valence-electron chi connectivity index (χ1n) is 5.46. The van der Waals surface area contributed by atoms with Gasteiger partial charge in [-0.15, -0.1) is 0 Å². The molecule has 0 bridgehead atoms. The van der Waals surface area contributed by atoms with Crippen LogP contribution in [0, 0.1) is 0 Å². The molecule has 1 aromatic rings. The van der Waals surface area contributed by atoms with Gasteiger partial charge in [-0.05, 0) is 26.3 Å². The second-order valence-corrected chi connectivity index (χ2v) is 4.40. The molecule has 0 saturated carbocycles. The minimum Gasteiger partial charge on any atom is -0.314 e. The normalized spacial score (nSPS) is 11.7. The van der Waals surface area contributed by atoms with Gasteiger partial charge in [0.2, 0.25) is 0 Å². The Bertz CT molecular complexity index is 355. The van der Waals surface area contributed by atoms with Crippen molar-refractivity contribution in [2.24, 2.45) is 0 Å². The number of hydrogen-bond donors (Lipinski definition) is 1. The zero-order chi connectivity index (χ0) is 11.3. The fourth-order valence-electron chi connectivity index (χ4n) is 1.29. The Hall–Kier alpha value is -1.09. The van der Waals surface area contributed by atoms with Crippen LogP contribution in [-0.2, 0) is 6.54 Å². The van der Waals surface area contributed by atoms with E-state index in [1.807, 2.05) is 12.3 Å². The number of pyridine rings is 1. The Balaban J connectivity index is 2.45. The Labute approximate surface area is 91.1 Å². The molecule has 0 radical (unpaired) electrons. The molecule has 0 amide bonds. The monoisotopic (exact) mass is 208 g/mol. The van der Waals surface area contributed by atoms with E-state index in [0.717, 1.165) is 19.5 Å². The number of nitrogens with one attached hydrogen (secondary N) is 1. The van der Waals surface area contributed by atoms with Crippen molar-refractivity contribution >= 4 is 0 Å². The summed E-state index contributed by atoms with van der Waals surface area (Å²) in [7, 11) is 0. The van der Waals surface area contributed by atoms with Gasteiger partial charge in [-0.25, -0.2) is 0 Å². The molecule has 3 nitrogen and oxygen atoms in total. The van der Waals surface area contributed by atoms with Gasteiger partial charge in [0.1, 0.15) is 0 Å². The van der Waals surface area contributed by atoms with Crippen LogP contribution in [-0.4, -0.2) is 16.7 Å². The van der Waals surface area contributed by atoms with Crippen LogP contribution in [0.25, 0.3) is 0 Å². The summed E-state index contributed by atoms with van der Waals surface area (Å²) in [4.78, 5) is 11.4. The van der Waals surface area contributed by atoms with E-state index in [1.54, 1.807) is 16.7 Å². The number of rotatable bonds is 5. The van der Waals surface area contributed by atoms with E-state index in [9.17, 15) is 4.79 Å². The van der Waals surface area contributed by atoms with E-state index >= 15 is 0 Å². The van der Waals surface area contributed by atoms with Crippen molar-refractivity contribution in [3.63, 3.8) is 0 Å². The molecule has 0 aliphatic heterocycles. The molecular weight excluding hydrogens is 188 g/mol. The molecule has 15 heavy (non-hydrogen) atoms. The maximum atomic E-state index is 11.4. The first-order chi connectivity index (χ1) is 7.05. The average Bonchev–Trinajstić information content (AvgIpc) is 2.21. The maximum Gasteiger partial charge on any atom is 0.250 e. The predicted molar refractivity (Wildman–Crippen MR) is 63.1 cm³/mol. The van der Waals surface area contributed by atoms with Crippen molar-refractivity contribution in [3.05, 3.63) is 34.7 Å². The lowest BCUT2D eigenvalue weighted by atomic mass is 10.0. The lowest BCUT2D eigenvalue weighted by Crippen LogP contribution is -2.41. The lowest BCUT2D eigenvalue weighted by Gasteiger charge is -2.24. The molecule has 0 aromatic carbocycles. The third-order valence-electron chi connectivity index (χ3n) is 2.74. The molecule has 0 fully saturated rings.